The van der Waals surface area contributed by atoms with Crippen molar-refractivity contribution in [2.24, 2.45) is 5.41 Å². The van der Waals surface area contributed by atoms with Crippen LogP contribution in [-0.4, -0.2) is 55.5 Å². The number of rotatable bonds is 4. The van der Waals surface area contributed by atoms with Crippen molar-refractivity contribution in [1.82, 2.24) is 4.90 Å². The van der Waals surface area contributed by atoms with Crippen molar-refractivity contribution in [3.8, 4) is 0 Å². The monoisotopic (exact) mass is 263 g/mol. The molecule has 0 radical (unpaired) electrons. The highest BCUT2D eigenvalue weighted by atomic mass is 32.2. The second-order valence-corrected chi connectivity index (χ2v) is 7.78. The maximum atomic E-state index is 12.1. The number of hydrogen-bond donors (Lipinski definition) is 1. The lowest BCUT2D eigenvalue weighted by molar-refractivity contribution is -0.145. The zero-order valence-corrected chi connectivity index (χ0v) is 11.5. The molecule has 1 aliphatic heterocycles. The Morgan fingerprint density at radius 3 is 2.24 bits per heavy atom. The van der Waals surface area contributed by atoms with Crippen LogP contribution in [0, 0.1) is 5.41 Å². The summed E-state index contributed by atoms with van der Waals surface area (Å²) in [7, 11) is -1.35. The molecule has 0 aromatic carbocycles. The van der Waals surface area contributed by atoms with Crippen molar-refractivity contribution in [3.63, 3.8) is 0 Å². The van der Waals surface area contributed by atoms with Gasteiger partial charge in [-0.1, -0.05) is 0 Å². The van der Waals surface area contributed by atoms with E-state index in [1.54, 1.807) is 0 Å². The lowest BCUT2D eigenvalue weighted by Gasteiger charge is -2.30. The maximum Gasteiger partial charge on any atom is 0.310 e. The highest BCUT2D eigenvalue weighted by molar-refractivity contribution is 7.92. The van der Waals surface area contributed by atoms with Gasteiger partial charge in [0.2, 0.25) is 0 Å². The van der Waals surface area contributed by atoms with Crippen LogP contribution < -0.4 is 0 Å². The molecule has 5 nitrogen and oxygen atoms in total. The first-order valence-corrected chi connectivity index (χ1v) is 7.50. The van der Waals surface area contributed by atoms with Gasteiger partial charge in [0, 0.05) is 0 Å². The van der Waals surface area contributed by atoms with Crippen LogP contribution in [0.1, 0.15) is 26.7 Å². The molecule has 0 aromatic rings. The molecule has 6 heteroatoms. The smallest absolute Gasteiger partial charge is 0.310 e. The van der Waals surface area contributed by atoms with E-state index in [1.807, 2.05) is 7.05 Å². The van der Waals surface area contributed by atoms with E-state index in [-0.39, 0.29) is 11.0 Å². The number of likely N-dealkylation sites (tertiary alicyclic amines) is 1. The van der Waals surface area contributed by atoms with E-state index in [0.29, 0.717) is 12.8 Å². The van der Waals surface area contributed by atoms with Gasteiger partial charge in [-0.2, -0.15) is 0 Å². The third kappa shape index (κ3) is 3.67. The molecule has 0 spiro atoms. The van der Waals surface area contributed by atoms with Gasteiger partial charge in [-0.15, -0.1) is 0 Å². The fourth-order valence-electron chi connectivity index (χ4n) is 2.03. The quantitative estimate of drug-likeness (QED) is 0.804. The minimum atomic E-state index is -3.32. The van der Waals surface area contributed by atoms with Gasteiger partial charge in [-0.3, -0.25) is 4.79 Å². The Kier molecular flexibility index (Phi) is 4.19. The third-order valence-corrected chi connectivity index (χ3v) is 5.93. The molecular formula is C11H21NO4S. The van der Waals surface area contributed by atoms with Gasteiger partial charge in [0.15, 0.2) is 9.84 Å². The summed E-state index contributed by atoms with van der Waals surface area (Å²) in [6.45, 7) is 4.44. The Morgan fingerprint density at radius 1 is 1.35 bits per heavy atom. The van der Waals surface area contributed by atoms with E-state index in [0.717, 1.165) is 13.1 Å². The van der Waals surface area contributed by atoms with Crippen LogP contribution in [0.4, 0.5) is 0 Å². The van der Waals surface area contributed by atoms with Gasteiger partial charge in [0.1, 0.15) is 0 Å². The van der Waals surface area contributed by atoms with Gasteiger partial charge in [0.25, 0.3) is 0 Å². The molecule has 0 atom stereocenters. The molecule has 1 aliphatic rings. The van der Waals surface area contributed by atoms with Gasteiger partial charge in [-0.05, 0) is 46.8 Å². The summed E-state index contributed by atoms with van der Waals surface area (Å²) in [4.78, 5) is 13.1. The number of aliphatic carboxylic acids is 1. The molecular weight excluding hydrogens is 242 g/mol. The number of nitrogens with zero attached hydrogens (tertiary/aromatic N) is 1. The van der Waals surface area contributed by atoms with E-state index in [2.05, 4.69) is 4.90 Å². The molecule has 0 aromatic heterocycles. The van der Waals surface area contributed by atoms with Crippen LogP contribution in [0.2, 0.25) is 0 Å². The number of carboxylic acid groups (broad SMARTS) is 1. The molecule has 0 aliphatic carbocycles. The van der Waals surface area contributed by atoms with Crippen LogP contribution in [0.15, 0.2) is 0 Å². The van der Waals surface area contributed by atoms with E-state index in [1.165, 1.54) is 13.8 Å². The summed E-state index contributed by atoms with van der Waals surface area (Å²) >= 11 is 0. The zero-order chi connectivity index (χ0) is 13.3. The molecule has 0 bridgehead atoms. The van der Waals surface area contributed by atoms with E-state index >= 15 is 0 Å². The predicted octanol–water partition coefficient (Wildman–Crippen LogP) is 0.606. The number of hydrogen-bond acceptors (Lipinski definition) is 4. The molecule has 1 rings (SSSR count). The minimum absolute atomic E-state index is 0.274. The van der Waals surface area contributed by atoms with Crippen LogP contribution in [0.3, 0.4) is 0 Å². The second-order valence-electron chi connectivity index (χ2n) is 5.50. The maximum absolute atomic E-state index is 12.1. The van der Waals surface area contributed by atoms with Crippen molar-refractivity contribution >= 4 is 15.8 Å². The third-order valence-electron chi connectivity index (χ3n) is 3.31. The Labute approximate surface area is 103 Å². The standard InChI is InChI=1S/C11H21NO4S/c1-11(2,10(13)14)8-17(15,16)9-4-6-12(3)7-5-9/h9H,4-8H2,1-3H3,(H,13,14). The average molecular weight is 263 g/mol. The molecule has 17 heavy (non-hydrogen) atoms. The summed E-state index contributed by atoms with van der Waals surface area (Å²) in [6.07, 6.45) is 1.21. The lowest BCUT2D eigenvalue weighted by atomic mass is 9.97. The van der Waals surface area contributed by atoms with Gasteiger partial charge in [0.05, 0.1) is 16.4 Å². The first-order valence-electron chi connectivity index (χ1n) is 5.79. The Hall–Kier alpha value is -0.620. The zero-order valence-electron chi connectivity index (χ0n) is 10.6. The summed E-state index contributed by atoms with van der Waals surface area (Å²) in [5.41, 5.74) is -1.21. The van der Waals surface area contributed by atoms with Gasteiger partial charge < -0.3 is 10.0 Å². The average Bonchev–Trinajstić information content (AvgIpc) is 2.16. The fraction of sp³-hybridized carbons (Fsp3) is 0.909. The summed E-state index contributed by atoms with van der Waals surface area (Å²) in [6, 6.07) is 0. The predicted molar refractivity (Wildman–Crippen MR) is 65.7 cm³/mol. The molecule has 1 fully saturated rings. The number of carboxylic acids is 1. The van der Waals surface area contributed by atoms with E-state index < -0.39 is 21.2 Å². The van der Waals surface area contributed by atoms with E-state index in [9.17, 15) is 13.2 Å². The summed E-state index contributed by atoms with van der Waals surface area (Å²) in [5, 5.41) is 8.59. The largest absolute Gasteiger partial charge is 0.481 e. The first kappa shape index (κ1) is 14.4. The lowest BCUT2D eigenvalue weighted by Crippen LogP contribution is -2.42. The molecule has 1 N–H and O–H groups in total. The van der Waals surface area contributed by atoms with Crippen LogP contribution in [0.25, 0.3) is 0 Å². The highest BCUT2D eigenvalue weighted by Gasteiger charge is 2.38. The fourth-order valence-corrected chi connectivity index (χ4v) is 4.32. The Morgan fingerprint density at radius 2 is 1.82 bits per heavy atom. The van der Waals surface area contributed by atoms with Crippen molar-refractivity contribution in [1.29, 1.82) is 0 Å². The normalized spacial score (nSPS) is 20.4. The Balaban J connectivity index is 2.73. The number of carbonyl (C=O) groups is 1. The topological polar surface area (TPSA) is 74.7 Å². The summed E-state index contributed by atoms with van der Waals surface area (Å²) in [5.74, 6) is -1.34. The highest BCUT2D eigenvalue weighted by Crippen LogP contribution is 2.25. The van der Waals surface area contributed by atoms with E-state index in [4.69, 9.17) is 5.11 Å². The first-order chi connectivity index (χ1) is 7.65. The molecule has 100 valence electrons. The minimum Gasteiger partial charge on any atom is -0.481 e. The number of sulfone groups is 1. The van der Waals surface area contributed by atoms with Crippen molar-refractivity contribution in [2.45, 2.75) is 31.9 Å². The van der Waals surface area contributed by atoms with Crippen molar-refractivity contribution in [3.05, 3.63) is 0 Å². The number of piperidine rings is 1. The van der Waals surface area contributed by atoms with Crippen LogP contribution in [0.5, 0.6) is 0 Å². The molecule has 0 unspecified atom stereocenters. The second kappa shape index (κ2) is 4.94. The Bertz CT molecular complexity index is 380. The molecule has 0 amide bonds. The molecule has 0 saturated carbocycles. The van der Waals surface area contributed by atoms with Crippen LogP contribution >= 0.6 is 0 Å². The summed E-state index contributed by atoms with van der Waals surface area (Å²) < 4.78 is 24.3. The van der Waals surface area contributed by atoms with Gasteiger partial charge in [-0.25, -0.2) is 8.42 Å². The van der Waals surface area contributed by atoms with Crippen LogP contribution in [-0.2, 0) is 14.6 Å². The van der Waals surface area contributed by atoms with Crippen molar-refractivity contribution < 1.29 is 18.3 Å². The molecule has 1 saturated heterocycles. The van der Waals surface area contributed by atoms with Crippen molar-refractivity contribution in [2.75, 3.05) is 25.9 Å². The SMILES string of the molecule is CN1CCC(S(=O)(=O)CC(C)(C)C(=O)O)CC1. The molecule has 1 heterocycles. The van der Waals surface area contributed by atoms with Gasteiger partial charge >= 0.3 is 5.97 Å².